The third-order valence-electron chi connectivity index (χ3n) is 3.26. The summed E-state index contributed by atoms with van der Waals surface area (Å²) >= 11 is 3.44. The zero-order valence-electron chi connectivity index (χ0n) is 9.57. The van der Waals surface area contributed by atoms with E-state index in [2.05, 4.69) is 15.9 Å². The van der Waals surface area contributed by atoms with Gasteiger partial charge in [-0.15, -0.1) is 0 Å². The van der Waals surface area contributed by atoms with Crippen molar-refractivity contribution in [3.8, 4) is 11.5 Å². The van der Waals surface area contributed by atoms with Gasteiger partial charge >= 0.3 is 0 Å². The number of fused-ring (bicyclic) bond motifs is 2. The second kappa shape index (κ2) is 4.28. The number of hydrogen-bond donors (Lipinski definition) is 1. The van der Waals surface area contributed by atoms with Gasteiger partial charge in [-0.2, -0.15) is 0 Å². The number of phenols is 1. The Labute approximate surface area is 113 Å². The molecule has 0 bridgehead atoms. The summed E-state index contributed by atoms with van der Waals surface area (Å²) in [7, 11) is 0. The first-order valence-electron chi connectivity index (χ1n) is 5.79. The van der Waals surface area contributed by atoms with Crippen LogP contribution in [0.1, 0.15) is 24.8 Å². The lowest BCUT2D eigenvalue weighted by Gasteiger charge is -2.26. The van der Waals surface area contributed by atoms with Crippen LogP contribution in [-0.4, -0.2) is 11.4 Å². The van der Waals surface area contributed by atoms with Gasteiger partial charge in [0.25, 0.3) is 0 Å². The normalized spacial score (nSPS) is 17.5. The monoisotopic (exact) mass is 306 g/mol. The van der Waals surface area contributed by atoms with Gasteiger partial charge in [0.1, 0.15) is 12.0 Å². The molecule has 0 radical (unpaired) electrons. The minimum Gasteiger partial charge on any atom is -0.504 e. The van der Waals surface area contributed by atoms with Crippen molar-refractivity contribution in [1.82, 2.24) is 0 Å². The van der Waals surface area contributed by atoms with Gasteiger partial charge in [-0.05, 0) is 43.0 Å². The van der Waals surface area contributed by atoms with Crippen molar-refractivity contribution in [3.05, 3.63) is 39.1 Å². The predicted octanol–water partition coefficient (Wildman–Crippen LogP) is 3.57. The fourth-order valence-corrected chi connectivity index (χ4v) is 2.79. The number of carbonyl (C=O) groups excluding carboxylic acids is 1. The number of allylic oxidation sites excluding steroid dienone is 2. The second-order valence-electron chi connectivity index (χ2n) is 4.41. The van der Waals surface area contributed by atoms with Gasteiger partial charge in [0, 0.05) is 15.6 Å². The van der Waals surface area contributed by atoms with Gasteiger partial charge in [0.2, 0.25) is 0 Å². The highest BCUT2D eigenvalue weighted by molar-refractivity contribution is 9.10. The van der Waals surface area contributed by atoms with Gasteiger partial charge < -0.3 is 9.84 Å². The van der Waals surface area contributed by atoms with E-state index in [1.807, 2.05) is 6.08 Å². The molecule has 2 aliphatic rings. The van der Waals surface area contributed by atoms with Crippen molar-refractivity contribution in [2.24, 2.45) is 0 Å². The molecule has 0 amide bonds. The maximum atomic E-state index is 11.0. The first kappa shape index (κ1) is 11.5. The van der Waals surface area contributed by atoms with Gasteiger partial charge in [0.05, 0.1) is 0 Å². The van der Waals surface area contributed by atoms with Crippen molar-refractivity contribution in [2.45, 2.75) is 19.3 Å². The predicted molar refractivity (Wildman–Crippen MR) is 71.4 cm³/mol. The third kappa shape index (κ3) is 1.68. The van der Waals surface area contributed by atoms with Gasteiger partial charge in [0.15, 0.2) is 11.5 Å². The molecule has 0 aromatic heterocycles. The van der Waals surface area contributed by atoms with Crippen molar-refractivity contribution in [1.29, 1.82) is 0 Å². The molecule has 92 valence electrons. The van der Waals surface area contributed by atoms with E-state index in [4.69, 9.17) is 4.74 Å². The number of aromatic hydroxyl groups is 1. The van der Waals surface area contributed by atoms with E-state index in [0.29, 0.717) is 17.1 Å². The van der Waals surface area contributed by atoms with Crippen LogP contribution < -0.4 is 4.74 Å². The van der Waals surface area contributed by atoms with Gasteiger partial charge in [-0.3, -0.25) is 4.79 Å². The molecule has 1 aliphatic heterocycles. The molecule has 18 heavy (non-hydrogen) atoms. The number of hydrogen-bond acceptors (Lipinski definition) is 3. The summed E-state index contributed by atoms with van der Waals surface area (Å²) in [5.74, 6) is 1.13. The Morgan fingerprint density at radius 2 is 2.17 bits per heavy atom. The van der Waals surface area contributed by atoms with Crippen LogP contribution in [-0.2, 0) is 4.79 Å². The minimum absolute atomic E-state index is 0.0897. The summed E-state index contributed by atoms with van der Waals surface area (Å²) in [4.78, 5) is 11.0. The number of rotatable bonds is 1. The van der Waals surface area contributed by atoms with Crippen molar-refractivity contribution < 1.29 is 14.6 Å². The first-order valence-corrected chi connectivity index (χ1v) is 6.58. The fourth-order valence-electron chi connectivity index (χ4n) is 2.37. The maximum Gasteiger partial charge on any atom is 0.177 e. The molecule has 0 atom stereocenters. The number of phenolic OH excluding ortho intramolecular Hbond substituents is 1. The second-order valence-corrected chi connectivity index (χ2v) is 5.26. The van der Waals surface area contributed by atoms with E-state index < -0.39 is 0 Å². The van der Waals surface area contributed by atoms with E-state index in [1.54, 1.807) is 12.1 Å². The lowest BCUT2D eigenvalue weighted by atomic mass is 9.90. The molecule has 0 unspecified atom stereocenters. The van der Waals surface area contributed by atoms with Gasteiger partial charge in [-0.25, -0.2) is 0 Å². The number of ether oxygens (including phenoxy) is 1. The molecule has 3 rings (SSSR count). The average Bonchev–Trinajstić information content (AvgIpc) is 2.41. The van der Waals surface area contributed by atoms with E-state index in [9.17, 15) is 9.90 Å². The third-order valence-corrected chi connectivity index (χ3v) is 3.95. The molecular weight excluding hydrogens is 296 g/mol. The van der Waals surface area contributed by atoms with E-state index >= 15 is 0 Å². The SMILES string of the molecule is O=CC1=C2Oc3c(O)ccc(Br)c3C=C2CCC1. The summed E-state index contributed by atoms with van der Waals surface area (Å²) in [6.45, 7) is 0. The van der Waals surface area contributed by atoms with Crippen LogP contribution in [0.2, 0.25) is 0 Å². The van der Waals surface area contributed by atoms with Crippen molar-refractivity contribution in [2.75, 3.05) is 0 Å². The van der Waals surface area contributed by atoms with E-state index in [0.717, 1.165) is 41.2 Å². The van der Waals surface area contributed by atoms with Crippen LogP contribution in [0, 0.1) is 0 Å². The van der Waals surface area contributed by atoms with Crippen LogP contribution in [0.5, 0.6) is 11.5 Å². The Morgan fingerprint density at radius 1 is 1.33 bits per heavy atom. The minimum atomic E-state index is 0.0897. The first-order chi connectivity index (χ1) is 8.70. The summed E-state index contributed by atoms with van der Waals surface area (Å²) in [5, 5.41) is 9.84. The molecule has 4 heteroatoms. The molecule has 0 spiro atoms. The topological polar surface area (TPSA) is 46.5 Å². The summed E-state index contributed by atoms with van der Waals surface area (Å²) < 4.78 is 6.63. The molecule has 0 fully saturated rings. The molecule has 1 aromatic carbocycles. The molecule has 1 heterocycles. The Hall–Kier alpha value is -1.55. The highest BCUT2D eigenvalue weighted by atomic mass is 79.9. The maximum absolute atomic E-state index is 11.0. The Morgan fingerprint density at radius 3 is 2.94 bits per heavy atom. The molecule has 1 aliphatic carbocycles. The number of aldehydes is 1. The summed E-state index contributed by atoms with van der Waals surface area (Å²) in [6.07, 6.45) is 5.43. The lowest BCUT2D eigenvalue weighted by Crippen LogP contribution is -2.13. The number of halogens is 1. The summed E-state index contributed by atoms with van der Waals surface area (Å²) in [6, 6.07) is 3.36. The molecule has 0 saturated carbocycles. The Bertz CT molecular complexity index is 599. The zero-order valence-corrected chi connectivity index (χ0v) is 11.2. The van der Waals surface area contributed by atoms with E-state index in [1.165, 1.54) is 0 Å². The molecule has 1 N–H and O–H groups in total. The van der Waals surface area contributed by atoms with Crippen molar-refractivity contribution in [3.63, 3.8) is 0 Å². The zero-order chi connectivity index (χ0) is 12.7. The largest absolute Gasteiger partial charge is 0.504 e. The number of carbonyl (C=O) groups is 1. The van der Waals surface area contributed by atoms with Crippen LogP contribution in [0.3, 0.4) is 0 Å². The Balaban J connectivity index is 2.23. The molecule has 0 saturated heterocycles. The van der Waals surface area contributed by atoms with Crippen molar-refractivity contribution >= 4 is 28.3 Å². The highest BCUT2D eigenvalue weighted by Crippen LogP contribution is 2.45. The van der Waals surface area contributed by atoms with Crippen LogP contribution in [0.15, 0.2) is 33.5 Å². The van der Waals surface area contributed by atoms with Gasteiger partial charge in [-0.1, -0.05) is 15.9 Å². The lowest BCUT2D eigenvalue weighted by molar-refractivity contribution is -0.105. The van der Waals surface area contributed by atoms with Crippen LogP contribution in [0.25, 0.3) is 6.08 Å². The molecular formula is C14H11BrO3. The standard InChI is InChI=1S/C14H11BrO3/c15-11-4-5-12(17)14-10(11)6-8-2-1-3-9(7-16)13(8)18-14/h4-7,17H,1-3H2. The average molecular weight is 307 g/mol. The Kier molecular flexibility index (Phi) is 2.74. The van der Waals surface area contributed by atoms with Crippen LogP contribution >= 0.6 is 15.9 Å². The number of benzene rings is 1. The fraction of sp³-hybridized carbons (Fsp3) is 0.214. The molecule has 3 nitrogen and oxygen atoms in total. The quantitative estimate of drug-likeness (QED) is 0.807. The summed E-state index contributed by atoms with van der Waals surface area (Å²) in [5.41, 5.74) is 2.54. The smallest absolute Gasteiger partial charge is 0.177 e. The molecule has 1 aromatic rings. The van der Waals surface area contributed by atoms with Crippen LogP contribution in [0.4, 0.5) is 0 Å². The van der Waals surface area contributed by atoms with E-state index in [-0.39, 0.29) is 5.75 Å². The highest BCUT2D eigenvalue weighted by Gasteiger charge is 2.26.